The van der Waals surface area contributed by atoms with Crippen molar-refractivity contribution in [2.45, 2.75) is 4.90 Å². The predicted octanol–water partition coefficient (Wildman–Crippen LogP) is 1.96. The number of rotatable bonds is 5. The highest BCUT2D eigenvalue weighted by molar-refractivity contribution is 7.90. The maximum Gasteiger partial charge on any atom is 0.339 e. The van der Waals surface area contributed by atoms with E-state index in [2.05, 4.69) is 15.8 Å². The van der Waals surface area contributed by atoms with Crippen LogP contribution in [0.2, 0.25) is 0 Å². The molecule has 2 aromatic carbocycles. The van der Waals surface area contributed by atoms with Crippen LogP contribution in [0.25, 0.3) is 0 Å². The molecule has 2 aromatic rings. The molecular formula is C16H17N3O5S. The molecule has 0 heterocycles. The number of aromatic hydroxyl groups is 1. The number of hydrogen-bond acceptors (Lipinski definition) is 6. The van der Waals surface area contributed by atoms with Gasteiger partial charge in [-0.3, -0.25) is 0 Å². The molecule has 0 saturated carbocycles. The first-order valence-corrected chi connectivity index (χ1v) is 8.96. The first kappa shape index (κ1) is 18.3. The van der Waals surface area contributed by atoms with Crippen LogP contribution in [0, 0.1) is 0 Å². The van der Waals surface area contributed by atoms with Crippen molar-refractivity contribution in [2.24, 2.45) is 5.10 Å². The van der Waals surface area contributed by atoms with Crippen molar-refractivity contribution in [1.29, 1.82) is 0 Å². The van der Waals surface area contributed by atoms with Gasteiger partial charge in [-0.25, -0.2) is 18.6 Å². The van der Waals surface area contributed by atoms with Gasteiger partial charge in [0.05, 0.1) is 18.2 Å². The topological polar surface area (TPSA) is 117 Å². The van der Waals surface area contributed by atoms with E-state index >= 15 is 0 Å². The lowest BCUT2D eigenvalue weighted by molar-refractivity contribution is 0.252. The maximum absolute atomic E-state index is 11.7. The predicted molar refractivity (Wildman–Crippen MR) is 94.0 cm³/mol. The normalized spacial score (nSPS) is 11.3. The summed E-state index contributed by atoms with van der Waals surface area (Å²) in [6.45, 7) is 0. The Morgan fingerprint density at radius 2 is 1.88 bits per heavy atom. The number of hydrogen-bond donors (Lipinski definition) is 3. The zero-order chi connectivity index (χ0) is 18.4. The maximum atomic E-state index is 11.7. The molecule has 0 spiro atoms. The second-order valence-corrected chi connectivity index (χ2v) is 7.07. The molecule has 0 saturated heterocycles. The number of methoxy groups -OCH3 is 1. The van der Waals surface area contributed by atoms with E-state index in [1.807, 2.05) is 0 Å². The first-order chi connectivity index (χ1) is 11.8. The quantitative estimate of drug-likeness (QED) is 0.554. The van der Waals surface area contributed by atoms with Crippen LogP contribution in [-0.2, 0) is 9.84 Å². The summed E-state index contributed by atoms with van der Waals surface area (Å²) in [6, 6.07) is 9.77. The van der Waals surface area contributed by atoms with E-state index < -0.39 is 15.9 Å². The summed E-state index contributed by atoms with van der Waals surface area (Å²) in [5.74, 6) is 0.294. The Morgan fingerprint density at radius 1 is 1.20 bits per heavy atom. The minimum absolute atomic E-state index is 0.00268. The summed E-state index contributed by atoms with van der Waals surface area (Å²) in [5, 5.41) is 15.8. The number of amides is 2. The molecule has 0 aliphatic carbocycles. The van der Waals surface area contributed by atoms with Gasteiger partial charge in [0.2, 0.25) is 0 Å². The number of benzene rings is 2. The molecule has 0 aliphatic rings. The average molecular weight is 363 g/mol. The van der Waals surface area contributed by atoms with E-state index in [-0.39, 0.29) is 10.6 Å². The van der Waals surface area contributed by atoms with Crippen LogP contribution < -0.4 is 15.5 Å². The Hall–Kier alpha value is -3.07. The Balaban J connectivity index is 1.94. The number of phenols is 1. The van der Waals surface area contributed by atoms with Gasteiger partial charge >= 0.3 is 6.03 Å². The van der Waals surface area contributed by atoms with Gasteiger partial charge in [-0.15, -0.1) is 0 Å². The molecule has 0 atom stereocenters. The number of hydrazone groups is 1. The van der Waals surface area contributed by atoms with Gasteiger partial charge in [-0.05, 0) is 48.0 Å². The second-order valence-electron chi connectivity index (χ2n) is 5.05. The van der Waals surface area contributed by atoms with E-state index in [9.17, 15) is 18.3 Å². The third-order valence-electron chi connectivity index (χ3n) is 3.12. The van der Waals surface area contributed by atoms with Crippen molar-refractivity contribution in [3.8, 4) is 11.5 Å². The van der Waals surface area contributed by atoms with Crippen LogP contribution in [0.5, 0.6) is 11.5 Å². The third-order valence-corrected chi connectivity index (χ3v) is 4.25. The average Bonchev–Trinajstić information content (AvgIpc) is 2.56. The van der Waals surface area contributed by atoms with Crippen molar-refractivity contribution < 1.29 is 23.1 Å². The number of carbonyl (C=O) groups is 1. The fraction of sp³-hybridized carbons (Fsp3) is 0.125. The molecule has 3 N–H and O–H groups in total. The number of sulfone groups is 1. The van der Waals surface area contributed by atoms with E-state index in [1.165, 1.54) is 43.7 Å². The van der Waals surface area contributed by atoms with Gasteiger partial charge in [0.25, 0.3) is 0 Å². The van der Waals surface area contributed by atoms with Crippen molar-refractivity contribution in [2.75, 3.05) is 18.7 Å². The Bertz CT molecular complexity index is 892. The Labute approximate surface area is 145 Å². The van der Waals surface area contributed by atoms with Gasteiger partial charge in [0.15, 0.2) is 21.3 Å². The van der Waals surface area contributed by atoms with Crippen molar-refractivity contribution in [3.05, 3.63) is 48.0 Å². The van der Waals surface area contributed by atoms with Gasteiger partial charge in [0, 0.05) is 11.9 Å². The molecule has 132 valence electrons. The molecule has 8 nitrogen and oxygen atoms in total. The Morgan fingerprint density at radius 3 is 2.48 bits per heavy atom. The number of ether oxygens (including phenoxy) is 1. The number of anilines is 1. The minimum atomic E-state index is -3.28. The summed E-state index contributed by atoms with van der Waals surface area (Å²) in [6.07, 6.45) is 2.49. The number of nitrogens with one attached hydrogen (secondary N) is 2. The molecule has 2 amide bonds. The first-order valence-electron chi connectivity index (χ1n) is 7.07. The summed E-state index contributed by atoms with van der Waals surface area (Å²) in [4.78, 5) is 11.9. The minimum Gasteiger partial charge on any atom is -0.504 e. The van der Waals surface area contributed by atoms with Crippen LogP contribution in [-0.4, -0.2) is 39.1 Å². The van der Waals surface area contributed by atoms with Gasteiger partial charge in [-0.1, -0.05) is 0 Å². The summed E-state index contributed by atoms with van der Waals surface area (Å²) < 4.78 is 27.7. The SMILES string of the molecule is COc1cc(/C=N\NC(=O)Nc2ccc(S(C)(=O)=O)cc2)ccc1O. The van der Waals surface area contributed by atoms with E-state index in [1.54, 1.807) is 12.1 Å². The smallest absolute Gasteiger partial charge is 0.339 e. The highest BCUT2D eigenvalue weighted by atomic mass is 32.2. The molecule has 0 radical (unpaired) electrons. The molecule has 0 bridgehead atoms. The highest BCUT2D eigenvalue weighted by Crippen LogP contribution is 2.25. The fourth-order valence-corrected chi connectivity index (χ4v) is 2.51. The monoisotopic (exact) mass is 363 g/mol. The number of urea groups is 1. The number of carbonyl (C=O) groups excluding carboxylic acids is 1. The van der Waals surface area contributed by atoms with Crippen LogP contribution in [0.1, 0.15) is 5.56 Å². The van der Waals surface area contributed by atoms with Crippen LogP contribution in [0.15, 0.2) is 52.5 Å². The second kappa shape index (κ2) is 7.67. The molecule has 0 unspecified atom stereocenters. The zero-order valence-electron chi connectivity index (χ0n) is 13.6. The van der Waals surface area contributed by atoms with E-state index in [0.717, 1.165) is 6.26 Å². The standard InChI is InChI=1S/C16H17N3O5S/c1-24-15-9-11(3-8-14(15)20)10-17-19-16(21)18-12-4-6-13(7-5-12)25(2,22)23/h3-10,20H,1-2H3,(H2,18,19,21)/b17-10-. The molecule has 9 heteroatoms. The highest BCUT2D eigenvalue weighted by Gasteiger charge is 2.07. The number of phenolic OH excluding ortho intramolecular Hbond substituents is 1. The summed E-state index contributed by atoms with van der Waals surface area (Å²) in [7, 11) is -1.85. The van der Waals surface area contributed by atoms with Gasteiger partial charge < -0.3 is 15.2 Å². The largest absolute Gasteiger partial charge is 0.504 e. The lowest BCUT2D eigenvalue weighted by Gasteiger charge is -2.05. The van der Waals surface area contributed by atoms with Crippen molar-refractivity contribution in [3.63, 3.8) is 0 Å². The molecule has 2 rings (SSSR count). The van der Waals surface area contributed by atoms with Crippen molar-refractivity contribution in [1.82, 2.24) is 5.43 Å². The third kappa shape index (κ3) is 5.21. The summed E-state index contributed by atoms with van der Waals surface area (Å²) in [5.41, 5.74) is 3.32. The molecule has 0 aromatic heterocycles. The van der Waals surface area contributed by atoms with Crippen molar-refractivity contribution >= 4 is 27.8 Å². The number of nitrogens with zero attached hydrogens (tertiary/aromatic N) is 1. The van der Waals surface area contributed by atoms with E-state index in [0.29, 0.717) is 17.0 Å². The molecule has 0 fully saturated rings. The Kier molecular flexibility index (Phi) is 5.60. The van der Waals surface area contributed by atoms with Crippen LogP contribution >= 0.6 is 0 Å². The lowest BCUT2D eigenvalue weighted by atomic mass is 10.2. The molecular weight excluding hydrogens is 346 g/mol. The van der Waals surface area contributed by atoms with Crippen LogP contribution in [0.3, 0.4) is 0 Å². The molecule has 25 heavy (non-hydrogen) atoms. The summed E-state index contributed by atoms with van der Waals surface area (Å²) >= 11 is 0. The fourth-order valence-electron chi connectivity index (χ4n) is 1.88. The van der Waals surface area contributed by atoms with Crippen LogP contribution in [0.4, 0.5) is 10.5 Å². The molecule has 0 aliphatic heterocycles. The lowest BCUT2D eigenvalue weighted by Crippen LogP contribution is -2.24. The van der Waals surface area contributed by atoms with E-state index in [4.69, 9.17) is 4.74 Å². The zero-order valence-corrected chi connectivity index (χ0v) is 14.4. The van der Waals surface area contributed by atoms with Gasteiger partial charge in [0.1, 0.15) is 0 Å². The van der Waals surface area contributed by atoms with Gasteiger partial charge in [-0.2, -0.15) is 5.10 Å².